The van der Waals surface area contributed by atoms with E-state index in [0.29, 0.717) is 6.04 Å². The molecule has 0 saturated carbocycles. The lowest BCUT2D eigenvalue weighted by atomic mass is 10.1. The minimum atomic E-state index is 0.443. The van der Waals surface area contributed by atoms with Gasteiger partial charge in [-0.15, -0.1) is 0 Å². The van der Waals surface area contributed by atoms with Crippen LogP contribution < -0.4 is 0 Å². The Kier molecular flexibility index (Phi) is 4.11. The molecule has 1 aliphatic rings. The Morgan fingerprint density at radius 1 is 1.25 bits per heavy atom. The summed E-state index contributed by atoms with van der Waals surface area (Å²) in [4.78, 5) is 6.79. The van der Waals surface area contributed by atoms with Gasteiger partial charge in [0.15, 0.2) is 0 Å². The summed E-state index contributed by atoms with van der Waals surface area (Å²) in [5.74, 6) is 0. The van der Waals surface area contributed by atoms with Gasteiger partial charge in [-0.05, 0) is 37.1 Å². The zero-order valence-corrected chi connectivity index (χ0v) is 12.1. The van der Waals surface area contributed by atoms with E-state index in [0.717, 1.165) is 13.1 Å². The van der Waals surface area contributed by atoms with E-state index in [1.54, 1.807) is 0 Å². The second-order valence-corrected chi connectivity index (χ2v) is 5.61. The SMILES string of the molecule is Cn1ccc([C@@H]2CCCCCN2Cc2cccnc2)n1. The van der Waals surface area contributed by atoms with Crippen LogP contribution in [-0.2, 0) is 13.6 Å². The molecule has 2 aromatic rings. The average molecular weight is 270 g/mol. The fourth-order valence-electron chi connectivity index (χ4n) is 3.03. The lowest BCUT2D eigenvalue weighted by Gasteiger charge is -2.28. The predicted octanol–water partition coefficient (Wildman–Crippen LogP) is 2.93. The molecule has 1 saturated heterocycles. The molecule has 4 nitrogen and oxygen atoms in total. The third kappa shape index (κ3) is 3.07. The zero-order valence-electron chi connectivity index (χ0n) is 12.1. The topological polar surface area (TPSA) is 34.0 Å². The highest BCUT2D eigenvalue weighted by atomic mass is 15.3. The zero-order chi connectivity index (χ0) is 13.8. The second-order valence-electron chi connectivity index (χ2n) is 5.61. The van der Waals surface area contributed by atoms with Crippen LogP contribution in [0.5, 0.6) is 0 Å². The fourth-order valence-corrected chi connectivity index (χ4v) is 3.03. The van der Waals surface area contributed by atoms with Crippen molar-refractivity contribution in [2.45, 2.75) is 38.3 Å². The summed E-state index contributed by atoms with van der Waals surface area (Å²) in [5.41, 5.74) is 2.49. The van der Waals surface area contributed by atoms with E-state index in [4.69, 9.17) is 0 Å². The van der Waals surface area contributed by atoms with E-state index in [9.17, 15) is 0 Å². The van der Waals surface area contributed by atoms with Crippen molar-refractivity contribution < 1.29 is 0 Å². The first-order chi connectivity index (χ1) is 9.83. The number of likely N-dealkylation sites (tertiary alicyclic amines) is 1. The Morgan fingerprint density at radius 3 is 2.95 bits per heavy atom. The molecule has 1 aliphatic heterocycles. The van der Waals surface area contributed by atoms with Gasteiger partial charge in [-0.3, -0.25) is 14.6 Å². The van der Waals surface area contributed by atoms with E-state index in [1.165, 1.54) is 36.9 Å². The normalized spacial score (nSPS) is 20.8. The Balaban J connectivity index is 1.80. The van der Waals surface area contributed by atoms with Gasteiger partial charge in [0.1, 0.15) is 0 Å². The van der Waals surface area contributed by atoms with E-state index in [2.05, 4.69) is 27.1 Å². The monoisotopic (exact) mass is 270 g/mol. The molecule has 0 spiro atoms. The molecule has 2 aromatic heterocycles. The van der Waals surface area contributed by atoms with Crippen molar-refractivity contribution in [3.63, 3.8) is 0 Å². The summed E-state index contributed by atoms with van der Waals surface area (Å²) in [5, 5.41) is 4.63. The van der Waals surface area contributed by atoms with Crippen molar-refractivity contribution >= 4 is 0 Å². The summed E-state index contributed by atoms with van der Waals surface area (Å²) in [7, 11) is 1.99. The van der Waals surface area contributed by atoms with Gasteiger partial charge in [0, 0.05) is 32.2 Å². The lowest BCUT2D eigenvalue weighted by Crippen LogP contribution is -2.28. The Labute approximate surface area is 120 Å². The number of aryl methyl sites for hydroxylation is 1. The highest BCUT2D eigenvalue weighted by Crippen LogP contribution is 2.30. The van der Waals surface area contributed by atoms with Gasteiger partial charge in [0.25, 0.3) is 0 Å². The van der Waals surface area contributed by atoms with Gasteiger partial charge in [0.05, 0.1) is 11.7 Å². The molecule has 0 aliphatic carbocycles. The molecule has 3 rings (SSSR count). The third-order valence-corrected chi connectivity index (χ3v) is 4.05. The number of rotatable bonds is 3. The quantitative estimate of drug-likeness (QED) is 0.860. The van der Waals surface area contributed by atoms with Crippen molar-refractivity contribution in [3.8, 4) is 0 Å². The average Bonchev–Trinajstić information content (AvgIpc) is 2.76. The van der Waals surface area contributed by atoms with Gasteiger partial charge in [-0.25, -0.2) is 0 Å². The molecule has 0 amide bonds. The molecule has 0 N–H and O–H groups in total. The number of hydrogen-bond acceptors (Lipinski definition) is 3. The third-order valence-electron chi connectivity index (χ3n) is 4.05. The van der Waals surface area contributed by atoms with E-state index < -0.39 is 0 Å². The molecule has 106 valence electrons. The van der Waals surface area contributed by atoms with Gasteiger partial charge in [-0.1, -0.05) is 18.9 Å². The first-order valence-electron chi connectivity index (χ1n) is 7.45. The van der Waals surface area contributed by atoms with E-state index in [1.807, 2.05) is 36.4 Å². The standard InChI is InChI=1S/C16H22N4/c1-19-11-8-15(18-19)16-7-3-2-4-10-20(16)13-14-6-5-9-17-12-14/h5-6,8-9,11-12,16H,2-4,7,10,13H2,1H3/t16-/m0/s1. The lowest BCUT2D eigenvalue weighted by molar-refractivity contribution is 0.188. The van der Waals surface area contributed by atoms with Crippen molar-refractivity contribution in [2.24, 2.45) is 7.05 Å². The maximum absolute atomic E-state index is 4.63. The van der Waals surface area contributed by atoms with Gasteiger partial charge in [0.2, 0.25) is 0 Å². The maximum Gasteiger partial charge on any atom is 0.0796 e. The Morgan fingerprint density at radius 2 is 2.20 bits per heavy atom. The summed E-state index contributed by atoms with van der Waals surface area (Å²) < 4.78 is 1.91. The van der Waals surface area contributed by atoms with Crippen LogP contribution in [0.4, 0.5) is 0 Å². The Hall–Kier alpha value is -1.68. The number of pyridine rings is 1. The number of nitrogens with zero attached hydrogens (tertiary/aromatic N) is 4. The van der Waals surface area contributed by atoms with Crippen molar-refractivity contribution in [1.29, 1.82) is 0 Å². The summed E-state index contributed by atoms with van der Waals surface area (Å²) in [6.45, 7) is 2.12. The van der Waals surface area contributed by atoms with Crippen LogP contribution in [0.15, 0.2) is 36.8 Å². The molecule has 0 unspecified atom stereocenters. The maximum atomic E-state index is 4.63. The molecule has 3 heterocycles. The van der Waals surface area contributed by atoms with Crippen LogP contribution in [0.25, 0.3) is 0 Å². The van der Waals surface area contributed by atoms with Crippen molar-refractivity contribution in [1.82, 2.24) is 19.7 Å². The van der Waals surface area contributed by atoms with Crippen LogP contribution in [-0.4, -0.2) is 26.2 Å². The molecular formula is C16H22N4. The Bertz CT molecular complexity index is 534. The van der Waals surface area contributed by atoms with Crippen LogP contribution in [0.1, 0.15) is 43.0 Å². The summed E-state index contributed by atoms with van der Waals surface area (Å²) in [6, 6.07) is 6.78. The van der Waals surface area contributed by atoms with Gasteiger partial charge >= 0.3 is 0 Å². The van der Waals surface area contributed by atoms with Crippen molar-refractivity contribution in [3.05, 3.63) is 48.0 Å². The fraction of sp³-hybridized carbons (Fsp3) is 0.500. The van der Waals surface area contributed by atoms with Gasteiger partial charge in [-0.2, -0.15) is 5.10 Å². The van der Waals surface area contributed by atoms with Crippen LogP contribution in [0.2, 0.25) is 0 Å². The minimum Gasteiger partial charge on any atom is -0.290 e. The first kappa shape index (κ1) is 13.3. The highest BCUT2D eigenvalue weighted by molar-refractivity contribution is 5.11. The molecule has 1 atom stereocenters. The molecule has 0 aromatic carbocycles. The smallest absolute Gasteiger partial charge is 0.0796 e. The molecule has 4 heteroatoms. The van der Waals surface area contributed by atoms with E-state index in [-0.39, 0.29) is 0 Å². The van der Waals surface area contributed by atoms with Gasteiger partial charge < -0.3 is 0 Å². The van der Waals surface area contributed by atoms with E-state index >= 15 is 0 Å². The summed E-state index contributed by atoms with van der Waals surface area (Å²) >= 11 is 0. The van der Waals surface area contributed by atoms with Crippen LogP contribution in [0.3, 0.4) is 0 Å². The molecule has 1 fully saturated rings. The highest BCUT2D eigenvalue weighted by Gasteiger charge is 2.24. The number of aromatic nitrogens is 3. The summed E-state index contributed by atoms with van der Waals surface area (Å²) in [6.07, 6.45) is 11.0. The number of hydrogen-bond donors (Lipinski definition) is 0. The largest absolute Gasteiger partial charge is 0.290 e. The second kappa shape index (κ2) is 6.18. The molecular weight excluding hydrogens is 248 g/mol. The van der Waals surface area contributed by atoms with Crippen molar-refractivity contribution in [2.75, 3.05) is 6.54 Å². The first-order valence-corrected chi connectivity index (χ1v) is 7.45. The molecule has 20 heavy (non-hydrogen) atoms. The predicted molar refractivity (Wildman–Crippen MR) is 79.1 cm³/mol. The van der Waals surface area contributed by atoms with Crippen LogP contribution >= 0.6 is 0 Å². The molecule has 0 bridgehead atoms. The minimum absolute atomic E-state index is 0.443. The van der Waals surface area contributed by atoms with Crippen LogP contribution in [0, 0.1) is 0 Å². The molecule has 0 radical (unpaired) electrons.